The fourth-order valence-corrected chi connectivity index (χ4v) is 11.3. The highest BCUT2D eigenvalue weighted by atomic mass is 31.2. The fourth-order valence-electron chi connectivity index (χ4n) is 4.94. The van der Waals surface area contributed by atoms with Crippen molar-refractivity contribution < 1.29 is 23.8 Å². The molecular weight excluding hydrogens is 406 g/mol. The van der Waals surface area contributed by atoms with Gasteiger partial charge in [-0.25, -0.2) is 4.39 Å². The molecule has 0 aliphatic carbocycles. The summed E-state index contributed by atoms with van der Waals surface area (Å²) in [6, 6.07) is 1.65. The smallest absolute Gasteiger partial charge is 0.359 e. The normalized spacial score (nSPS) is 17.1. The molecule has 0 aliphatic heterocycles. The summed E-state index contributed by atoms with van der Waals surface area (Å²) >= 11 is 0. The monoisotopic (exact) mass is 454 g/mol. The molecule has 0 amide bonds. The Labute approximate surface area is 180 Å². The van der Waals surface area contributed by atoms with Gasteiger partial charge in [0, 0.05) is 6.42 Å². The summed E-state index contributed by atoms with van der Waals surface area (Å²) in [6.45, 7) is 11.2. The Bertz CT molecular complexity index is 452. The number of hydrogen-bond acceptors (Lipinski definition) is 2. The average Bonchev–Trinajstić information content (AvgIpc) is 2.65. The molecule has 3 N–H and O–H groups in total. The first-order chi connectivity index (χ1) is 13.5. The van der Waals surface area contributed by atoms with E-state index in [9.17, 15) is 14.1 Å². The lowest BCUT2D eigenvalue weighted by Crippen LogP contribution is -2.48. The highest BCUT2D eigenvalue weighted by Gasteiger charge is 2.48. The van der Waals surface area contributed by atoms with Crippen LogP contribution in [0.2, 0.25) is 23.7 Å². The molecule has 0 aliphatic rings. The Kier molecular flexibility index (Phi) is 14.5. The highest BCUT2D eigenvalue weighted by molar-refractivity contribution is 7.52. The molecule has 0 fully saturated rings. The Hall–Kier alpha value is 0.257. The summed E-state index contributed by atoms with van der Waals surface area (Å²) < 4.78 is 25.2. The minimum absolute atomic E-state index is 0.221. The molecule has 7 heteroatoms. The van der Waals surface area contributed by atoms with Crippen molar-refractivity contribution in [2.45, 2.75) is 140 Å². The molecule has 0 bridgehead atoms. The molecule has 0 radical (unpaired) electrons. The van der Waals surface area contributed by atoms with Crippen molar-refractivity contribution in [3.63, 3.8) is 0 Å². The molecule has 176 valence electrons. The van der Waals surface area contributed by atoms with Crippen molar-refractivity contribution in [2.75, 3.05) is 0 Å². The van der Waals surface area contributed by atoms with Gasteiger partial charge in [-0.05, 0) is 30.3 Å². The number of halogens is 1. The van der Waals surface area contributed by atoms with E-state index in [1.54, 1.807) is 0 Å². The maximum absolute atomic E-state index is 14.0. The van der Waals surface area contributed by atoms with E-state index in [-0.39, 0.29) is 5.04 Å². The van der Waals surface area contributed by atoms with Gasteiger partial charge in [-0.1, -0.05) is 91.7 Å². The molecule has 0 rings (SSSR count). The standard InChI is InChI=1S/C22H48FO4PSi/c1-6-10-14-22(15-11-7-2,16-12-8-3)29(5,17-13-9-4)19-20(24)18-21(23)28(25,26)27/h20-21,24H,6-19H2,1-5H3,(H2,25,26,27)/t20-,21?,29?/m0/s1. The summed E-state index contributed by atoms with van der Waals surface area (Å²) in [4.78, 5) is 18.2. The van der Waals surface area contributed by atoms with Gasteiger partial charge >= 0.3 is 7.60 Å². The van der Waals surface area contributed by atoms with Gasteiger partial charge < -0.3 is 14.9 Å². The van der Waals surface area contributed by atoms with Crippen molar-refractivity contribution in [3.05, 3.63) is 0 Å². The molecule has 0 aromatic carbocycles. The van der Waals surface area contributed by atoms with Gasteiger partial charge in [-0.2, -0.15) is 0 Å². The van der Waals surface area contributed by atoms with E-state index in [4.69, 9.17) is 9.79 Å². The van der Waals surface area contributed by atoms with E-state index in [2.05, 4.69) is 34.2 Å². The second kappa shape index (κ2) is 14.3. The third kappa shape index (κ3) is 9.95. The maximum Gasteiger partial charge on any atom is 0.359 e. The Balaban J connectivity index is 5.85. The van der Waals surface area contributed by atoms with Crippen molar-refractivity contribution in [1.82, 2.24) is 0 Å². The van der Waals surface area contributed by atoms with Crippen molar-refractivity contribution in [3.8, 4) is 0 Å². The predicted molar refractivity (Wildman–Crippen MR) is 125 cm³/mol. The molecule has 0 saturated heterocycles. The molecule has 0 heterocycles. The zero-order valence-corrected chi connectivity index (χ0v) is 21.5. The molecule has 29 heavy (non-hydrogen) atoms. The van der Waals surface area contributed by atoms with Crippen LogP contribution in [0.1, 0.15) is 105 Å². The summed E-state index contributed by atoms with van der Waals surface area (Å²) in [6.07, 6.45) is 11.2. The van der Waals surface area contributed by atoms with Gasteiger partial charge in [0.2, 0.25) is 5.91 Å². The van der Waals surface area contributed by atoms with Gasteiger partial charge in [-0.15, -0.1) is 0 Å². The lowest BCUT2D eigenvalue weighted by molar-refractivity contribution is 0.149. The second-order valence-electron chi connectivity index (χ2n) is 9.37. The topological polar surface area (TPSA) is 77.8 Å². The van der Waals surface area contributed by atoms with Crippen LogP contribution in [0, 0.1) is 0 Å². The molecule has 0 aromatic heterocycles. The predicted octanol–water partition coefficient (Wildman–Crippen LogP) is 7.40. The van der Waals surface area contributed by atoms with Crippen LogP contribution in [0.5, 0.6) is 0 Å². The largest absolute Gasteiger partial charge is 0.393 e. The second-order valence-corrected chi connectivity index (χ2v) is 16.2. The summed E-state index contributed by atoms with van der Waals surface area (Å²) in [7, 11) is -6.82. The van der Waals surface area contributed by atoms with Gasteiger partial charge in [-0.3, -0.25) is 4.57 Å². The van der Waals surface area contributed by atoms with Crippen LogP contribution >= 0.6 is 7.60 Å². The van der Waals surface area contributed by atoms with Crippen molar-refractivity contribution in [1.29, 1.82) is 0 Å². The first-order valence-corrected chi connectivity index (χ1v) is 16.5. The minimum Gasteiger partial charge on any atom is -0.393 e. The zero-order valence-electron chi connectivity index (χ0n) is 19.6. The molecule has 4 nitrogen and oxygen atoms in total. The van der Waals surface area contributed by atoms with Crippen LogP contribution in [-0.2, 0) is 4.57 Å². The average molecular weight is 455 g/mol. The number of alkyl halides is 1. The number of hydrogen-bond donors (Lipinski definition) is 3. The number of unbranched alkanes of at least 4 members (excludes halogenated alkanes) is 4. The summed E-state index contributed by atoms with van der Waals surface area (Å²) in [5, 5.41) is 10.9. The van der Waals surface area contributed by atoms with E-state index in [0.29, 0.717) is 6.04 Å². The molecule has 0 aromatic rings. The SMILES string of the molecule is CCCCC(CCCC)(CCCC)[Si](C)(CCCC)C[C@@H](O)CC(F)P(=O)(O)O. The van der Waals surface area contributed by atoms with Crippen LogP contribution < -0.4 is 0 Å². The quantitative estimate of drug-likeness (QED) is 0.149. The van der Waals surface area contributed by atoms with Crippen molar-refractivity contribution in [2.24, 2.45) is 0 Å². The minimum atomic E-state index is -4.80. The Morgan fingerprint density at radius 1 is 0.897 bits per heavy atom. The molecule has 2 unspecified atom stereocenters. The Morgan fingerprint density at radius 2 is 1.31 bits per heavy atom. The van der Waals surface area contributed by atoms with Crippen LogP contribution in [0.15, 0.2) is 0 Å². The van der Waals surface area contributed by atoms with Crippen LogP contribution in [0.3, 0.4) is 0 Å². The van der Waals surface area contributed by atoms with E-state index < -0.39 is 34.1 Å². The van der Waals surface area contributed by atoms with Gasteiger partial charge in [0.1, 0.15) is 0 Å². The molecule has 0 spiro atoms. The van der Waals surface area contributed by atoms with Gasteiger partial charge in [0.05, 0.1) is 14.2 Å². The van der Waals surface area contributed by atoms with E-state index in [1.165, 1.54) is 38.5 Å². The third-order valence-corrected chi connectivity index (χ3v) is 14.0. The van der Waals surface area contributed by atoms with Gasteiger partial charge in [0.25, 0.3) is 0 Å². The third-order valence-electron chi connectivity index (χ3n) is 6.91. The lowest BCUT2D eigenvalue weighted by Gasteiger charge is -2.50. The lowest BCUT2D eigenvalue weighted by atomic mass is 9.89. The fraction of sp³-hybridized carbons (Fsp3) is 1.00. The molecule has 0 saturated carbocycles. The van der Waals surface area contributed by atoms with E-state index >= 15 is 0 Å². The number of aliphatic hydroxyl groups excluding tert-OH is 1. The van der Waals surface area contributed by atoms with E-state index in [0.717, 1.165) is 38.1 Å². The number of rotatable bonds is 18. The van der Waals surface area contributed by atoms with Crippen LogP contribution in [0.25, 0.3) is 0 Å². The van der Waals surface area contributed by atoms with E-state index in [1.807, 2.05) is 0 Å². The highest BCUT2D eigenvalue weighted by Crippen LogP contribution is 2.56. The van der Waals surface area contributed by atoms with Gasteiger partial charge in [0.15, 0.2) is 0 Å². The summed E-state index contributed by atoms with van der Waals surface area (Å²) in [5.41, 5.74) is 0. The molecular formula is C22H48FO4PSi. The van der Waals surface area contributed by atoms with Crippen molar-refractivity contribution >= 4 is 15.7 Å². The maximum atomic E-state index is 14.0. The number of aliphatic hydroxyl groups is 1. The first-order valence-electron chi connectivity index (χ1n) is 11.9. The van der Waals surface area contributed by atoms with Crippen LogP contribution in [-0.4, -0.2) is 35.0 Å². The van der Waals surface area contributed by atoms with Crippen LogP contribution in [0.4, 0.5) is 4.39 Å². The Morgan fingerprint density at radius 3 is 1.66 bits per heavy atom. The molecule has 3 atom stereocenters. The summed E-state index contributed by atoms with van der Waals surface area (Å²) in [5.74, 6) is -2.27. The first kappa shape index (κ1) is 29.3. The zero-order chi connectivity index (χ0) is 22.6.